The summed E-state index contributed by atoms with van der Waals surface area (Å²) in [5.41, 5.74) is 0. The lowest BCUT2D eigenvalue weighted by Gasteiger charge is -1.97. The molecule has 0 saturated heterocycles. The summed E-state index contributed by atoms with van der Waals surface area (Å²) < 4.78 is 10.5. The lowest BCUT2D eigenvalue weighted by Crippen LogP contribution is -2.21. The molecule has 0 spiro atoms. The maximum Gasteiger partial charge on any atom is 0.0357 e. The first-order valence-electron chi connectivity index (χ1n) is 2.84. The maximum absolute atomic E-state index is 10.5. The minimum absolute atomic E-state index is 0.647. The maximum atomic E-state index is 10.5. The van der Waals surface area contributed by atoms with Crippen molar-refractivity contribution < 1.29 is 4.21 Å². The third-order valence-electron chi connectivity index (χ3n) is 0.838. The Hall–Kier alpha value is 0.590. The van der Waals surface area contributed by atoms with Crippen molar-refractivity contribution in [1.29, 1.82) is 0 Å². The first-order valence-corrected chi connectivity index (χ1v) is 5.69. The summed E-state index contributed by atoms with van der Waals surface area (Å²) in [6.07, 6.45) is 1.72. The lowest BCUT2D eigenvalue weighted by atomic mass is 10.7. The van der Waals surface area contributed by atoms with E-state index in [1.807, 2.05) is 0 Å². The van der Waals surface area contributed by atoms with Gasteiger partial charge in [-0.2, -0.15) is 0 Å². The average molecular weight is 214 g/mol. The molecule has 0 radical (unpaired) electrons. The quantitative estimate of drug-likeness (QED) is 0.528. The molecule has 1 unspecified atom stereocenters. The van der Waals surface area contributed by atoms with Crippen molar-refractivity contribution in [3.8, 4) is 0 Å². The summed E-state index contributed by atoms with van der Waals surface area (Å²) in [5.74, 6) is 0.757. The van der Waals surface area contributed by atoms with Crippen molar-refractivity contribution in [2.45, 2.75) is 0 Å². The Morgan fingerprint density at radius 3 is 2.67 bits per heavy atom. The van der Waals surface area contributed by atoms with E-state index < -0.39 is 10.8 Å². The number of nitrogens with one attached hydrogen (secondary N) is 1. The summed E-state index contributed by atoms with van der Waals surface area (Å²) in [5, 5.41) is 4.09. The van der Waals surface area contributed by atoms with Gasteiger partial charge in [0.05, 0.1) is 0 Å². The Morgan fingerprint density at radius 2 is 2.22 bits per heavy atom. The van der Waals surface area contributed by atoms with Crippen LogP contribution < -0.4 is 5.32 Å². The van der Waals surface area contributed by atoms with E-state index in [-0.39, 0.29) is 0 Å². The topological polar surface area (TPSA) is 29.1 Å². The molecule has 0 bridgehead atoms. The minimum atomic E-state index is -0.647. The fourth-order valence-electron chi connectivity index (χ4n) is 0.408. The van der Waals surface area contributed by atoms with E-state index in [1.54, 1.807) is 6.26 Å². The van der Waals surface area contributed by atoms with E-state index in [1.165, 1.54) is 0 Å². The van der Waals surface area contributed by atoms with Crippen molar-refractivity contribution in [1.82, 2.24) is 5.32 Å². The van der Waals surface area contributed by atoms with Crippen molar-refractivity contribution in [2.75, 3.05) is 30.4 Å². The van der Waals surface area contributed by atoms with Crippen LogP contribution in [0.2, 0.25) is 0 Å². The predicted molar refractivity (Wildman–Crippen MR) is 45.6 cm³/mol. The smallest absolute Gasteiger partial charge is 0.0357 e. The van der Waals surface area contributed by atoms with Crippen molar-refractivity contribution in [3.63, 3.8) is 0 Å². The van der Waals surface area contributed by atoms with Crippen LogP contribution in [0, 0.1) is 0 Å². The van der Waals surface area contributed by atoms with Crippen molar-refractivity contribution in [3.05, 3.63) is 0 Å². The number of hydrogen-bond donors (Lipinski definition) is 1. The number of rotatable bonds is 5. The highest BCUT2D eigenvalue weighted by Gasteiger charge is 1.88. The van der Waals surface area contributed by atoms with Crippen molar-refractivity contribution >= 4 is 26.7 Å². The van der Waals surface area contributed by atoms with Gasteiger partial charge in [0, 0.05) is 41.2 Å². The zero-order valence-corrected chi connectivity index (χ0v) is 7.93. The van der Waals surface area contributed by atoms with Gasteiger partial charge < -0.3 is 5.32 Å². The van der Waals surface area contributed by atoms with Crippen LogP contribution in [0.3, 0.4) is 0 Å². The van der Waals surface area contributed by atoms with Gasteiger partial charge in [-0.1, -0.05) is 15.9 Å². The van der Waals surface area contributed by atoms with Gasteiger partial charge >= 0.3 is 0 Å². The number of alkyl halides is 1. The first-order chi connectivity index (χ1) is 4.27. The second kappa shape index (κ2) is 6.71. The van der Waals surface area contributed by atoms with E-state index in [9.17, 15) is 4.21 Å². The van der Waals surface area contributed by atoms with Crippen LogP contribution in [-0.4, -0.2) is 34.6 Å². The Morgan fingerprint density at radius 1 is 1.56 bits per heavy atom. The van der Waals surface area contributed by atoms with Crippen LogP contribution in [0.1, 0.15) is 0 Å². The zero-order chi connectivity index (χ0) is 7.11. The van der Waals surface area contributed by atoms with Gasteiger partial charge in [0.25, 0.3) is 0 Å². The summed E-state index contributed by atoms with van der Waals surface area (Å²) in [4.78, 5) is 0. The van der Waals surface area contributed by atoms with Gasteiger partial charge in [0.1, 0.15) is 0 Å². The summed E-state index contributed by atoms with van der Waals surface area (Å²) >= 11 is 3.28. The van der Waals surface area contributed by atoms with Gasteiger partial charge in [-0.05, 0) is 0 Å². The molecule has 0 heterocycles. The Balaban J connectivity index is 2.83. The van der Waals surface area contributed by atoms with Crippen LogP contribution in [0.25, 0.3) is 0 Å². The summed E-state index contributed by atoms with van der Waals surface area (Å²) in [7, 11) is -0.647. The molecule has 0 rings (SSSR count). The van der Waals surface area contributed by atoms with E-state index in [2.05, 4.69) is 21.2 Å². The van der Waals surface area contributed by atoms with Gasteiger partial charge in [-0.25, -0.2) is 0 Å². The fourth-order valence-corrected chi connectivity index (χ4v) is 1.12. The number of hydrogen-bond acceptors (Lipinski definition) is 2. The molecule has 0 aromatic carbocycles. The molecule has 0 aliphatic heterocycles. The van der Waals surface area contributed by atoms with E-state index >= 15 is 0 Å². The zero-order valence-electron chi connectivity index (χ0n) is 5.52. The van der Waals surface area contributed by atoms with Crippen LogP contribution in [0.15, 0.2) is 0 Å². The largest absolute Gasteiger partial charge is 0.315 e. The van der Waals surface area contributed by atoms with Crippen LogP contribution in [-0.2, 0) is 10.8 Å². The Labute approximate surface area is 67.0 Å². The fraction of sp³-hybridized carbons (Fsp3) is 1.00. The molecular formula is C5H12BrNOS. The third kappa shape index (κ3) is 8.59. The Kier molecular flexibility index (Phi) is 7.15. The van der Waals surface area contributed by atoms with E-state index in [4.69, 9.17) is 0 Å². The second-order valence-corrected chi connectivity index (χ2v) is 4.06. The SMILES string of the molecule is CS(=O)CCNCCBr. The molecule has 1 atom stereocenters. The molecule has 0 amide bonds. The molecule has 9 heavy (non-hydrogen) atoms. The molecule has 0 aliphatic rings. The molecule has 2 nitrogen and oxygen atoms in total. The van der Waals surface area contributed by atoms with E-state index in [0.29, 0.717) is 0 Å². The molecule has 4 heteroatoms. The van der Waals surface area contributed by atoms with Gasteiger partial charge in [-0.15, -0.1) is 0 Å². The molecule has 0 fully saturated rings. The molecule has 56 valence electrons. The normalized spacial score (nSPS) is 13.6. The highest BCUT2D eigenvalue weighted by Crippen LogP contribution is 1.75. The molecule has 0 aromatic heterocycles. The van der Waals surface area contributed by atoms with Gasteiger partial charge in [0.2, 0.25) is 0 Å². The molecular weight excluding hydrogens is 202 g/mol. The van der Waals surface area contributed by atoms with Crippen LogP contribution in [0.5, 0.6) is 0 Å². The van der Waals surface area contributed by atoms with Crippen molar-refractivity contribution in [2.24, 2.45) is 0 Å². The van der Waals surface area contributed by atoms with Crippen LogP contribution >= 0.6 is 15.9 Å². The first kappa shape index (κ1) is 9.59. The monoisotopic (exact) mass is 213 g/mol. The third-order valence-corrected chi connectivity index (χ3v) is 2.01. The van der Waals surface area contributed by atoms with Gasteiger partial charge in [-0.3, -0.25) is 4.21 Å². The number of halogens is 1. The summed E-state index contributed by atoms with van der Waals surface area (Å²) in [6, 6.07) is 0. The lowest BCUT2D eigenvalue weighted by molar-refractivity contribution is 0.681. The van der Waals surface area contributed by atoms with E-state index in [0.717, 1.165) is 24.2 Å². The highest BCUT2D eigenvalue weighted by molar-refractivity contribution is 9.09. The van der Waals surface area contributed by atoms with Gasteiger partial charge in [0.15, 0.2) is 0 Å². The van der Waals surface area contributed by atoms with Crippen LogP contribution in [0.4, 0.5) is 0 Å². The minimum Gasteiger partial charge on any atom is -0.315 e. The highest BCUT2D eigenvalue weighted by atomic mass is 79.9. The molecule has 0 saturated carbocycles. The summed E-state index contributed by atoms with van der Waals surface area (Å²) in [6.45, 7) is 1.81. The second-order valence-electron chi connectivity index (χ2n) is 1.72. The molecule has 0 aromatic rings. The average Bonchev–Trinajstić information content (AvgIpc) is 1.80. The molecule has 1 N–H and O–H groups in total. The standard InChI is InChI=1S/C5H12BrNOS/c1-9(8)5-4-7-3-2-6/h7H,2-5H2,1H3. The molecule has 0 aliphatic carbocycles. The Bertz CT molecular complexity index is 89.0. The predicted octanol–water partition coefficient (Wildman–Crippen LogP) is 0.349.